The molecule has 3 aliphatic rings. The zero-order valence-electron chi connectivity index (χ0n) is 9.07. The van der Waals surface area contributed by atoms with Crippen LogP contribution in [-0.4, -0.2) is 62.6 Å². The Bertz CT molecular complexity index is 411. The molecule has 0 aliphatic carbocycles. The maximum absolute atomic E-state index is 6.01. The van der Waals surface area contributed by atoms with Crippen LogP contribution in [0.2, 0.25) is 0 Å². The fraction of sp³-hybridized carbons (Fsp3) is 0.875. The van der Waals surface area contributed by atoms with Crippen molar-refractivity contribution in [1.82, 2.24) is 14.7 Å². The molecule has 2 fully saturated rings. The van der Waals surface area contributed by atoms with Crippen molar-refractivity contribution in [3.8, 4) is 0 Å². The maximum atomic E-state index is 6.01. The molecule has 1 N–H and O–H groups in total. The van der Waals surface area contributed by atoms with E-state index in [4.69, 9.17) is 46.6 Å². The van der Waals surface area contributed by atoms with Crippen LogP contribution in [0.1, 0.15) is 0 Å². The maximum Gasteiger partial charge on any atom is 0.302 e. The zero-order valence-corrected chi connectivity index (χ0v) is 13.1. The minimum absolute atomic E-state index is 0.657. The number of rotatable bonds is 3. The van der Waals surface area contributed by atoms with E-state index in [0.29, 0.717) is 5.84 Å². The standard InChI is InChI=1S/C8H12Cl3N4PS/c9-8(10,11)7-12-1-2-15(7)16(17,13-3-4-13)14-5-6-14/h1-6H2/p+1. The van der Waals surface area contributed by atoms with Crippen molar-refractivity contribution in [3.63, 3.8) is 0 Å². The summed E-state index contributed by atoms with van der Waals surface area (Å²) in [5, 5.41) is 3.17. The van der Waals surface area contributed by atoms with Gasteiger partial charge in [0, 0.05) is 26.2 Å². The van der Waals surface area contributed by atoms with Crippen molar-refractivity contribution < 1.29 is 4.35 Å². The first-order valence-corrected chi connectivity index (χ1v) is 9.30. The van der Waals surface area contributed by atoms with Gasteiger partial charge >= 0.3 is 5.84 Å². The van der Waals surface area contributed by atoms with Crippen molar-refractivity contribution in [2.75, 3.05) is 39.3 Å². The third kappa shape index (κ3) is 2.25. The normalized spacial score (nSPS) is 26.3. The first-order chi connectivity index (χ1) is 7.94. The van der Waals surface area contributed by atoms with Gasteiger partial charge in [0.2, 0.25) is 0 Å². The first-order valence-electron chi connectivity index (χ1n) is 5.51. The fourth-order valence-corrected chi connectivity index (χ4v) is 7.27. The molecule has 3 aliphatic heterocycles. The highest BCUT2D eigenvalue weighted by Crippen LogP contribution is 2.61. The highest BCUT2D eigenvalue weighted by Gasteiger charge is 2.54. The van der Waals surface area contributed by atoms with Crippen molar-refractivity contribution >= 4 is 58.9 Å². The Kier molecular flexibility index (Phi) is 3.19. The van der Waals surface area contributed by atoms with E-state index in [9.17, 15) is 0 Å². The van der Waals surface area contributed by atoms with Gasteiger partial charge in [0.25, 0.3) is 10.3 Å². The smallest absolute Gasteiger partial charge is 0.270 e. The monoisotopic (exact) mass is 333 g/mol. The topological polar surface area (TPSA) is 21.1 Å². The van der Waals surface area contributed by atoms with Crippen LogP contribution >= 0.6 is 41.3 Å². The molecule has 0 aromatic carbocycles. The lowest BCUT2D eigenvalue weighted by Crippen LogP contribution is -2.36. The summed E-state index contributed by atoms with van der Waals surface area (Å²) in [5.41, 5.74) is 0. The molecule has 3 rings (SSSR count). The summed E-state index contributed by atoms with van der Waals surface area (Å²) in [4.78, 5) is 0. The molecule has 96 valence electrons. The average molecular weight is 335 g/mol. The van der Waals surface area contributed by atoms with E-state index < -0.39 is 10.3 Å². The van der Waals surface area contributed by atoms with E-state index in [2.05, 4.69) is 19.0 Å². The Morgan fingerprint density at radius 3 is 2.12 bits per heavy atom. The van der Waals surface area contributed by atoms with Crippen molar-refractivity contribution in [1.29, 1.82) is 0 Å². The van der Waals surface area contributed by atoms with Gasteiger partial charge in [0.15, 0.2) is 0 Å². The molecule has 0 radical (unpaired) electrons. The Hall–Kier alpha value is 0.910. The summed E-state index contributed by atoms with van der Waals surface area (Å²) in [6.45, 7) is 4.03. The second-order valence-electron chi connectivity index (χ2n) is 4.32. The predicted molar refractivity (Wildman–Crippen MR) is 75.9 cm³/mol. The van der Waals surface area contributed by atoms with E-state index in [-0.39, 0.29) is 0 Å². The summed E-state index contributed by atoms with van der Waals surface area (Å²) in [7, 11) is 0. The van der Waals surface area contributed by atoms with E-state index in [1.807, 2.05) is 0 Å². The SMILES string of the molecule is S=P(N1CC1)(N1CC1)[N+]1=C(C(Cl)(Cl)Cl)NCC1. The Balaban J connectivity index is 2.03. The van der Waals surface area contributed by atoms with Crippen LogP contribution in [0.25, 0.3) is 0 Å². The number of nitrogens with one attached hydrogen (secondary N) is 1. The van der Waals surface area contributed by atoms with E-state index in [0.717, 1.165) is 39.3 Å². The minimum atomic E-state index is -1.86. The molecule has 0 aromatic rings. The summed E-state index contributed by atoms with van der Waals surface area (Å²) < 4.78 is 5.39. The van der Waals surface area contributed by atoms with Crippen LogP contribution in [-0.2, 0) is 11.8 Å². The van der Waals surface area contributed by atoms with Crippen LogP contribution < -0.4 is 5.32 Å². The highest BCUT2D eigenvalue weighted by atomic mass is 35.6. The molecule has 2 saturated heterocycles. The second-order valence-corrected chi connectivity index (χ2v) is 10.7. The largest absolute Gasteiger partial charge is 0.302 e. The second kappa shape index (κ2) is 4.20. The lowest BCUT2D eigenvalue weighted by Gasteiger charge is -2.24. The molecule has 0 saturated carbocycles. The first kappa shape index (κ1) is 12.9. The van der Waals surface area contributed by atoms with Crippen molar-refractivity contribution in [2.24, 2.45) is 0 Å². The van der Waals surface area contributed by atoms with Gasteiger partial charge in [0.1, 0.15) is 13.1 Å². The van der Waals surface area contributed by atoms with E-state index >= 15 is 0 Å². The molecule has 0 bridgehead atoms. The van der Waals surface area contributed by atoms with Gasteiger partial charge < -0.3 is 0 Å². The van der Waals surface area contributed by atoms with Crippen LogP contribution in [0.5, 0.6) is 0 Å². The molecular formula is C8H13Cl3N4PS+. The molecule has 0 spiro atoms. The molecule has 0 aromatic heterocycles. The summed E-state index contributed by atoms with van der Waals surface area (Å²) >= 11 is 24.0. The number of hydrogen-bond donors (Lipinski definition) is 1. The number of amidine groups is 1. The van der Waals surface area contributed by atoms with Crippen LogP contribution in [0, 0.1) is 0 Å². The fourth-order valence-electron chi connectivity index (χ4n) is 2.09. The zero-order chi connectivity index (χ0) is 12.3. The Morgan fingerprint density at radius 2 is 1.71 bits per heavy atom. The molecule has 0 amide bonds. The van der Waals surface area contributed by atoms with Gasteiger partial charge in [-0.25, -0.2) is 13.7 Å². The molecule has 0 unspecified atom stereocenters. The number of hydrogen-bond acceptors (Lipinski definition) is 2. The Morgan fingerprint density at radius 1 is 1.18 bits per heavy atom. The van der Waals surface area contributed by atoms with Gasteiger partial charge in [-0.2, -0.15) is 0 Å². The lowest BCUT2D eigenvalue weighted by atomic mass is 10.6. The summed E-state index contributed by atoms with van der Waals surface area (Å²) in [5.74, 6) is 0.657. The quantitative estimate of drug-likeness (QED) is 0.476. The molecular weight excluding hydrogens is 322 g/mol. The molecule has 4 nitrogen and oxygen atoms in total. The van der Waals surface area contributed by atoms with E-state index in [1.165, 1.54) is 0 Å². The van der Waals surface area contributed by atoms with E-state index in [1.54, 1.807) is 0 Å². The average Bonchev–Trinajstić information content (AvgIpc) is 3.11. The van der Waals surface area contributed by atoms with Gasteiger partial charge in [-0.05, 0) is 11.8 Å². The number of halogens is 3. The molecule has 3 heterocycles. The van der Waals surface area contributed by atoms with Gasteiger partial charge in [0.05, 0.1) is 0 Å². The predicted octanol–water partition coefficient (Wildman–Crippen LogP) is 1.23. The molecule has 0 atom stereocenters. The molecule has 9 heteroatoms. The van der Waals surface area contributed by atoms with Gasteiger partial charge in [-0.3, -0.25) is 5.32 Å². The van der Waals surface area contributed by atoms with Crippen LogP contribution in [0.3, 0.4) is 0 Å². The third-order valence-corrected chi connectivity index (χ3v) is 8.86. The summed E-state index contributed by atoms with van der Waals surface area (Å²) in [6, 6.07) is 0. The van der Waals surface area contributed by atoms with Crippen molar-refractivity contribution in [3.05, 3.63) is 0 Å². The number of nitrogens with zero attached hydrogens (tertiary/aromatic N) is 3. The minimum Gasteiger partial charge on any atom is -0.270 e. The van der Waals surface area contributed by atoms with Gasteiger partial charge in [-0.1, -0.05) is 34.8 Å². The van der Waals surface area contributed by atoms with Crippen LogP contribution in [0.15, 0.2) is 0 Å². The highest BCUT2D eigenvalue weighted by molar-refractivity contribution is 8.09. The third-order valence-electron chi connectivity index (χ3n) is 3.04. The Labute approximate surface area is 121 Å². The molecule has 17 heavy (non-hydrogen) atoms. The lowest BCUT2D eigenvalue weighted by molar-refractivity contribution is -0.363. The van der Waals surface area contributed by atoms with Gasteiger partial charge in [-0.15, -0.1) is 0 Å². The van der Waals surface area contributed by atoms with Crippen LogP contribution in [0.4, 0.5) is 0 Å². The number of alkyl halides is 3. The summed E-state index contributed by atoms with van der Waals surface area (Å²) in [6.07, 6.45) is 0. The van der Waals surface area contributed by atoms with Crippen molar-refractivity contribution in [2.45, 2.75) is 3.79 Å².